The fourth-order valence-electron chi connectivity index (χ4n) is 3.32. The third-order valence-corrected chi connectivity index (χ3v) is 5.34. The lowest BCUT2D eigenvalue weighted by atomic mass is 10.1. The van der Waals surface area contributed by atoms with Gasteiger partial charge in [0.1, 0.15) is 18.2 Å². The molecule has 0 saturated carbocycles. The lowest BCUT2D eigenvalue weighted by Crippen LogP contribution is -2.46. The Kier molecular flexibility index (Phi) is 8.66. The molecule has 0 bridgehead atoms. The monoisotopic (exact) mass is 504 g/mol. The molecule has 36 heavy (non-hydrogen) atoms. The van der Waals surface area contributed by atoms with Crippen molar-refractivity contribution < 1.29 is 37.4 Å². The highest BCUT2D eigenvalue weighted by Gasteiger charge is 2.23. The van der Waals surface area contributed by atoms with Crippen molar-refractivity contribution in [2.45, 2.75) is 25.4 Å². The largest absolute Gasteiger partial charge is 0.481 e. The summed E-state index contributed by atoms with van der Waals surface area (Å²) in [4.78, 5) is 41.0. The van der Waals surface area contributed by atoms with Gasteiger partial charge in [0.2, 0.25) is 0 Å². The first-order valence-corrected chi connectivity index (χ1v) is 10.8. The Morgan fingerprint density at radius 3 is 2.64 bits per heavy atom. The lowest BCUT2D eigenvalue weighted by Gasteiger charge is -2.27. The molecule has 0 aliphatic carbocycles. The molecule has 1 heterocycles. The molecule has 0 saturated heterocycles. The number of nitrogens with one attached hydrogen (secondary N) is 2. The molecule has 1 aromatic heterocycles. The maximum Gasteiger partial charge on any atom is 0.412 e. The van der Waals surface area contributed by atoms with Gasteiger partial charge in [-0.3, -0.25) is 10.1 Å². The quantitative estimate of drug-likeness (QED) is 0.400. The van der Waals surface area contributed by atoms with Crippen LogP contribution in [0.25, 0.3) is 10.8 Å². The van der Waals surface area contributed by atoms with Crippen LogP contribution in [-0.2, 0) is 16.1 Å². The molecule has 3 rings (SSSR count). The zero-order valence-electron chi connectivity index (χ0n) is 19.1. The van der Waals surface area contributed by atoms with Crippen LogP contribution < -0.4 is 10.6 Å². The Hall–Kier alpha value is -4.35. The first-order chi connectivity index (χ1) is 17.1. The van der Waals surface area contributed by atoms with Gasteiger partial charge in [0.25, 0.3) is 0 Å². The second-order valence-corrected chi connectivity index (χ2v) is 7.85. The normalized spacial score (nSPS) is 11.6. The van der Waals surface area contributed by atoms with E-state index in [4.69, 9.17) is 9.84 Å². The number of carboxylic acids is 1. The Bertz CT molecular complexity index is 1270. The van der Waals surface area contributed by atoms with Crippen molar-refractivity contribution in [3.05, 3.63) is 71.7 Å². The van der Waals surface area contributed by atoms with Crippen LogP contribution in [0.2, 0.25) is 0 Å². The van der Waals surface area contributed by atoms with Gasteiger partial charge in [0.15, 0.2) is 11.6 Å². The fourth-order valence-corrected chi connectivity index (χ4v) is 3.32. The molecule has 0 spiro atoms. The predicted molar refractivity (Wildman–Crippen MR) is 124 cm³/mol. The van der Waals surface area contributed by atoms with E-state index in [1.54, 1.807) is 0 Å². The molecule has 3 aromatic rings. The number of halogens is 3. The number of fused-ring (bicyclic) bond motifs is 1. The molecule has 2 aromatic carbocycles. The summed E-state index contributed by atoms with van der Waals surface area (Å²) in [7, 11) is 1.35. The van der Waals surface area contributed by atoms with E-state index in [-0.39, 0.29) is 37.4 Å². The maximum atomic E-state index is 13.8. The zero-order chi connectivity index (χ0) is 26.2. The van der Waals surface area contributed by atoms with Gasteiger partial charge in [0.05, 0.1) is 6.04 Å². The number of hydrogen-bond donors (Lipinski definition) is 3. The summed E-state index contributed by atoms with van der Waals surface area (Å²) >= 11 is 0. The Morgan fingerprint density at radius 2 is 1.89 bits per heavy atom. The second-order valence-electron chi connectivity index (χ2n) is 7.85. The Morgan fingerprint density at radius 1 is 1.11 bits per heavy atom. The Labute approximate surface area is 203 Å². The van der Waals surface area contributed by atoms with Crippen LogP contribution in [0.5, 0.6) is 0 Å². The summed E-state index contributed by atoms with van der Waals surface area (Å²) in [6.07, 6.45) is 0.159. The van der Waals surface area contributed by atoms with Crippen molar-refractivity contribution in [2.24, 2.45) is 0 Å². The summed E-state index contributed by atoms with van der Waals surface area (Å²) in [5.41, 5.74) is -0.0720. The summed E-state index contributed by atoms with van der Waals surface area (Å²) in [6.45, 7) is -0.673. The molecule has 3 N–H and O–H groups in total. The molecule has 0 radical (unpaired) electrons. The molecule has 0 fully saturated rings. The molecular weight excluding hydrogens is 481 g/mol. The number of nitrogens with zero attached hydrogens (tertiary/aromatic N) is 2. The highest BCUT2D eigenvalue weighted by Crippen LogP contribution is 2.18. The number of aromatic nitrogens is 1. The SMILES string of the molecule is CN(C(=O)NCc1cccc(F)c1F)[C@@H](CCC(=O)O)COC(=O)Nc1cc2cc(F)ccc2cn1. The molecule has 1 atom stereocenters. The molecule has 9 nitrogen and oxygen atoms in total. The van der Waals surface area contributed by atoms with Crippen molar-refractivity contribution in [1.29, 1.82) is 0 Å². The topological polar surface area (TPSA) is 121 Å². The maximum absolute atomic E-state index is 13.8. The van der Waals surface area contributed by atoms with Gasteiger partial charge in [-0.25, -0.2) is 27.7 Å². The van der Waals surface area contributed by atoms with Crippen LogP contribution in [0.4, 0.5) is 28.6 Å². The number of rotatable bonds is 9. The third-order valence-electron chi connectivity index (χ3n) is 5.34. The minimum Gasteiger partial charge on any atom is -0.481 e. The van der Waals surface area contributed by atoms with Crippen molar-refractivity contribution in [2.75, 3.05) is 19.0 Å². The fraction of sp³-hybridized carbons (Fsp3) is 0.250. The minimum atomic E-state index is -1.12. The number of benzene rings is 2. The van der Waals surface area contributed by atoms with E-state index in [1.807, 2.05) is 0 Å². The van der Waals surface area contributed by atoms with Crippen LogP contribution in [0.1, 0.15) is 18.4 Å². The van der Waals surface area contributed by atoms with Gasteiger partial charge < -0.3 is 20.1 Å². The predicted octanol–water partition coefficient (Wildman–Crippen LogP) is 4.28. The van der Waals surface area contributed by atoms with Gasteiger partial charge in [-0.2, -0.15) is 0 Å². The molecule has 0 aliphatic rings. The molecule has 0 aliphatic heterocycles. The highest BCUT2D eigenvalue weighted by atomic mass is 19.2. The molecule has 190 valence electrons. The number of carbonyl (C=O) groups is 3. The number of ether oxygens (including phenoxy) is 1. The number of carbonyl (C=O) groups excluding carboxylic acids is 2. The summed E-state index contributed by atoms with van der Waals surface area (Å²) in [5.74, 6) is -3.62. The number of hydrogen-bond acceptors (Lipinski definition) is 5. The number of aliphatic carboxylic acids is 1. The van der Waals surface area contributed by atoms with Gasteiger partial charge in [-0.05, 0) is 42.1 Å². The van der Waals surface area contributed by atoms with E-state index in [9.17, 15) is 27.6 Å². The molecular formula is C24H23F3N4O5. The minimum absolute atomic E-state index is 0.0473. The van der Waals surface area contributed by atoms with Gasteiger partial charge in [0, 0.05) is 37.2 Å². The second kappa shape index (κ2) is 11.9. The first-order valence-electron chi connectivity index (χ1n) is 10.8. The van der Waals surface area contributed by atoms with E-state index >= 15 is 0 Å². The van der Waals surface area contributed by atoms with E-state index in [0.29, 0.717) is 10.8 Å². The van der Waals surface area contributed by atoms with Gasteiger partial charge >= 0.3 is 18.1 Å². The van der Waals surface area contributed by atoms with E-state index in [0.717, 1.165) is 11.0 Å². The van der Waals surface area contributed by atoms with E-state index in [2.05, 4.69) is 15.6 Å². The highest BCUT2D eigenvalue weighted by molar-refractivity contribution is 5.89. The van der Waals surface area contributed by atoms with Crippen LogP contribution in [0, 0.1) is 17.5 Å². The third kappa shape index (κ3) is 7.08. The van der Waals surface area contributed by atoms with Crippen LogP contribution >= 0.6 is 0 Å². The van der Waals surface area contributed by atoms with Gasteiger partial charge in [-0.15, -0.1) is 0 Å². The zero-order valence-corrected chi connectivity index (χ0v) is 19.1. The summed E-state index contributed by atoms with van der Waals surface area (Å²) in [5, 5.41) is 15.0. The smallest absolute Gasteiger partial charge is 0.412 e. The molecule has 3 amide bonds. The molecule has 0 unspecified atom stereocenters. The average molecular weight is 504 g/mol. The number of likely N-dealkylation sites (N-methyl/N-ethyl adjacent to an activating group) is 1. The first kappa shape index (κ1) is 26.3. The summed E-state index contributed by atoms with van der Waals surface area (Å²) < 4.78 is 45.8. The average Bonchev–Trinajstić information content (AvgIpc) is 2.84. The number of urea groups is 1. The lowest BCUT2D eigenvalue weighted by molar-refractivity contribution is -0.137. The van der Waals surface area contributed by atoms with Crippen molar-refractivity contribution >= 4 is 34.7 Å². The Balaban J connectivity index is 1.60. The van der Waals surface area contributed by atoms with Crippen LogP contribution in [0.15, 0.2) is 48.7 Å². The number of carboxylic acid groups (broad SMARTS) is 1. The van der Waals surface area contributed by atoms with Crippen LogP contribution in [-0.4, -0.2) is 52.8 Å². The van der Waals surface area contributed by atoms with E-state index < -0.39 is 41.6 Å². The van der Waals surface area contributed by atoms with Crippen molar-refractivity contribution in [3.8, 4) is 0 Å². The standard InChI is InChI=1S/C24H23F3N4O5/c1-31(23(34)29-12-15-3-2-4-19(26)22(15)27)18(7-8-21(32)33)13-36-24(35)30-20-10-16-9-17(25)6-5-14(16)11-28-20/h2-6,9-11,18H,7-8,12-13H2,1H3,(H,29,34)(H,32,33)(H,28,30,35)/t18-/m0/s1. The van der Waals surface area contributed by atoms with Crippen LogP contribution in [0.3, 0.4) is 0 Å². The van der Waals surface area contributed by atoms with Gasteiger partial charge in [-0.1, -0.05) is 12.1 Å². The van der Waals surface area contributed by atoms with E-state index in [1.165, 1.54) is 49.6 Å². The van der Waals surface area contributed by atoms with Crippen molar-refractivity contribution in [3.63, 3.8) is 0 Å². The summed E-state index contributed by atoms with van der Waals surface area (Å²) in [6, 6.07) is 7.55. The van der Waals surface area contributed by atoms with Crippen molar-refractivity contribution in [1.82, 2.24) is 15.2 Å². The number of pyridine rings is 1. The number of amides is 3. The number of anilines is 1. The molecule has 12 heteroatoms.